The van der Waals surface area contributed by atoms with Crippen molar-refractivity contribution in [3.63, 3.8) is 0 Å². The highest BCUT2D eigenvalue weighted by Crippen LogP contribution is 2.25. The normalized spacial score (nSPS) is 18.7. The third-order valence-corrected chi connectivity index (χ3v) is 4.66. The Labute approximate surface area is 143 Å². The predicted molar refractivity (Wildman–Crippen MR) is 93.1 cm³/mol. The molecule has 0 aliphatic carbocycles. The Morgan fingerprint density at radius 1 is 1.48 bits per heavy atom. The first kappa shape index (κ1) is 20.6. The van der Waals surface area contributed by atoms with E-state index in [1.807, 2.05) is 10.3 Å². The number of halogens is 2. The highest BCUT2D eigenvalue weighted by Gasteiger charge is 2.24. The van der Waals surface area contributed by atoms with Crippen molar-refractivity contribution < 1.29 is 4.79 Å². The summed E-state index contributed by atoms with van der Waals surface area (Å²) in [5.41, 5.74) is 0.972. The van der Waals surface area contributed by atoms with Gasteiger partial charge in [-0.3, -0.25) is 4.79 Å². The fraction of sp³-hybridized carbons (Fsp3) is 0.714. The van der Waals surface area contributed by atoms with Crippen molar-refractivity contribution in [2.24, 2.45) is 0 Å². The molecule has 1 aromatic heterocycles. The first-order chi connectivity index (χ1) is 8.88. The number of rotatable bonds is 2. The molecule has 0 bridgehead atoms. The molecule has 1 saturated heterocycles. The molecule has 122 valence electrons. The number of amides is 1. The summed E-state index contributed by atoms with van der Waals surface area (Å²) in [6, 6.07) is 0.280. The fourth-order valence-corrected chi connectivity index (χ4v) is 3.11. The molecule has 7 heteroatoms. The molecule has 2 heterocycles. The van der Waals surface area contributed by atoms with Crippen LogP contribution in [-0.2, 0) is 16.6 Å². The van der Waals surface area contributed by atoms with Crippen molar-refractivity contribution in [3.05, 3.63) is 16.1 Å². The van der Waals surface area contributed by atoms with Gasteiger partial charge in [0.25, 0.3) is 0 Å². The van der Waals surface area contributed by atoms with Crippen LogP contribution in [0.5, 0.6) is 0 Å². The van der Waals surface area contributed by atoms with Gasteiger partial charge in [-0.25, -0.2) is 4.98 Å². The van der Waals surface area contributed by atoms with Crippen molar-refractivity contribution in [3.8, 4) is 0 Å². The zero-order valence-electron chi connectivity index (χ0n) is 13.0. The lowest BCUT2D eigenvalue weighted by Gasteiger charge is -2.33. The summed E-state index contributed by atoms with van der Waals surface area (Å²) < 4.78 is 0. The van der Waals surface area contributed by atoms with E-state index in [0.29, 0.717) is 6.42 Å². The van der Waals surface area contributed by atoms with Gasteiger partial charge in [0.05, 0.1) is 17.1 Å². The van der Waals surface area contributed by atoms with Crippen LogP contribution in [0, 0.1) is 0 Å². The van der Waals surface area contributed by atoms with Crippen LogP contribution in [0.2, 0.25) is 0 Å². The van der Waals surface area contributed by atoms with Gasteiger partial charge in [0, 0.05) is 36.5 Å². The molecule has 1 aromatic rings. The molecule has 1 atom stereocenters. The molecule has 1 aliphatic rings. The van der Waals surface area contributed by atoms with Gasteiger partial charge in [0.1, 0.15) is 0 Å². The zero-order valence-corrected chi connectivity index (χ0v) is 15.5. The summed E-state index contributed by atoms with van der Waals surface area (Å²) >= 11 is 1.65. The largest absolute Gasteiger partial charge is 0.337 e. The van der Waals surface area contributed by atoms with E-state index >= 15 is 0 Å². The number of piperazine rings is 1. The zero-order chi connectivity index (χ0) is 14.0. The maximum atomic E-state index is 12.3. The second kappa shape index (κ2) is 8.32. The summed E-state index contributed by atoms with van der Waals surface area (Å²) in [5, 5.41) is 6.42. The number of hydrogen-bond acceptors (Lipinski definition) is 4. The Morgan fingerprint density at radius 3 is 2.67 bits per heavy atom. The van der Waals surface area contributed by atoms with E-state index < -0.39 is 0 Å². The van der Waals surface area contributed by atoms with E-state index in [4.69, 9.17) is 0 Å². The summed E-state index contributed by atoms with van der Waals surface area (Å²) in [6.45, 7) is 11.1. The standard InChI is InChI=1S/C14H23N3OS.2ClH/c1-10-8-15-5-6-17(10)12(18)7-11-9-19-13(16-11)14(2,3)4;;/h9-10,15H,5-8H2,1-4H3;2*1H/t10-;;/m0../s1. The first-order valence-corrected chi connectivity index (χ1v) is 7.71. The molecule has 0 radical (unpaired) electrons. The van der Waals surface area contributed by atoms with Crippen molar-refractivity contribution in [2.75, 3.05) is 19.6 Å². The molecule has 1 N–H and O–H groups in total. The van der Waals surface area contributed by atoms with Gasteiger partial charge in [-0.05, 0) is 6.92 Å². The Bertz CT molecular complexity index is 459. The Balaban J connectivity index is 0.00000200. The topological polar surface area (TPSA) is 45.2 Å². The molecule has 0 saturated carbocycles. The van der Waals surface area contributed by atoms with E-state index in [9.17, 15) is 4.79 Å². The van der Waals surface area contributed by atoms with Gasteiger partial charge in [-0.2, -0.15) is 0 Å². The number of nitrogens with one attached hydrogen (secondary N) is 1. The third-order valence-electron chi connectivity index (χ3n) is 3.35. The lowest BCUT2D eigenvalue weighted by atomic mass is 9.98. The highest BCUT2D eigenvalue weighted by atomic mass is 35.5. The van der Waals surface area contributed by atoms with Crippen LogP contribution >= 0.6 is 36.2 Å². The average molecular weight is 354 g/mol. The molecule has 0 spiro atoms. The van der Waals surface area contributed by atoms with Crippen LogP contribution in [0.3, 0.4) is 0 Å². The van der Waals surface area contributed by atoms with E-state index in [-0.39, 0.29) is 42.2 Å². The number of aromatic nitrogens is 1. The monoisotopic (exact) mass is 353 g/mol. The number of hydrogen-bond donors (Lipinski definition) is 1. The van der Waals surface area contributed by atoms with E-state index in [1.54, 1.807) is 11.3 Å². The number of thiazole rings is 1. The molecule has 4 nitrogen and oxygen atoms in total. The van der Waals surface area contributed by atoms with Gasteiger partial charge in [0.15, 0.2) is 0 Å². The van der Waals surface area contributed by atoms with E-state index in [2.05, 4.69) is 38.0 Å². The molecular formula is C14H25Cl2N3OS. The second-order valence-corrected chi connectivity index (χ2v) is 7.07. The van der Waals surface area contributed by atoms with Crippen LogP contribution in [0.25, 0.3) is 0 Å². The highest BCUT2D eigenvalue weighted by molar-refractivity contribution is 7.09. The maximum absolute atomic E-state index is 12.3. The molecule has 1 amide bonds. The lowest BCUT2D eigenvalue weighted by Crippen LogP contribution is -2.52. The second-order valence-electron chi connectivity index (χ2n) is 6.21. The SMILES string of the molecule is C[C@H]1CNCCN1C(=O)Cc1csc(C(C)(C)C)n1.Cl.Cl. The summed E-state index contributed by atoms with van der Waals surface area (Å²) in [7, 11) is 0. The maximum Gasteiger partial charge on any atom is 0.228 e. The minimum atomic E-state index is 0. The van der Waals surface area contributed by atoms with Crippen LogP contribution in [0.4, 0.5) is 0 Å². The number of carbonyl (C=O) groups is 1. The van der Waals surface area contributed by atoms with Crippen LogP contribution in [0.15, 0.2) is 5.38 Å². The molecule has 21 heavy (non-hydrogen) atoms. The summed E-state index contributed by atoms with van der Waals surface area (Å²) in [4.78, 5) is 18.9. The first-order valence-electron chi connectivity index (χ1n) is 6.83. The number of nitrogens with zero attached hydrogens (tertiary/aromatic N) is 2. The van der Waals surface area contributed by atoms with Crippen molar-refractivity contribution in [1.82, 2.24) is 15.2 Å². The molecular weight excluding hydrogens is 329 g/mol. The Morgan fingerprint density at radius 2 is 2.14 bits per heavy atom. The van der Waals surface area contributed by atoms with Crippen LogP contribution in [-0.4, -0.2) is 41.5 Å². The lowest BCUT2D eigenvalue weighted by molar-refractivity contribution is -0.133. The van der Waals surface area contributed by atoms with Gasteiger partial charge < -0.3 is 10.2 Å². The van der Waals surface area contributed by atoms with Crippen molar-refractivity contribution in [2.45, 2.75) is 45.6 Å². The van der Waals surface area contributed by atoms with Crippen LogP contribution < -0.4 is 5.32 Å². The van der Waals surface area contributed by atoms with E-state index in [0.717, 1.165) is 30.3 Å². The third kappa shape index (κ3) is 5.40. The Hall–Kier alpha value is -0.360. The van der Waals surface area contributed by atoms with E-state index in [1.165, 1.54) is 0 Å². The number of carbonyl (C=O) groups excluding carboxylic acids is 1. The summed E-state index contributed by atoms with van der Waals surface area (Å²) in [6.07, 6.45) is 0.428. The Kier molecular flexibility index (Phi) is 8.18. The molecule has 1 aliphatic heterocycles. The summed E-state index contributed by atoms with van der Waals surface area (Å²) in [5.74, 6) is 0.194. The van der Waals surface area contributed by atoms with Gasteiger partial charge in [-0.15, -0.1) is 36.2 Å². The van der Waals surface area contributed by atoms with Crippen molar-refractivity contribution in [1.29, 1.82) is 0 Å². The predicted octanol–water partition coefficient (Wildman–Crippen LogP) is 2.65. The quantitative estimate of drug-likeness (QED) is 0.888. The van der Waals surface area contributed by atoms with Crippen LogP contribution in [0.1, 0.15) is 38.4 Å². The molecule has 0 aromatic carbocycles. The molecule has 0 unspecified atom stereocenters. The molecule has 1 fully saturated rings. The minimum absolute atomic E-state index is 0. The molecule has 2 rings (SSSR count). The van der Waals surface area contributed by atoms with Gasteiger partial charge in [0.2, 0.25) is 5.91 Å². The fourth-order valence-electron chi connectivity index (χ4n) is 2.20. The van der Waals surface area contributed by atoms with Crippen molar-refractivity contribution >= 4 is 42.1 Å². The van der Waals surface area contributed by atoms with Gasteiger partial charge in [-0.1, -0.05) is 20.8 Å². The average Bonchev–Trinajstić information content (AvgIpc) is 2.77. The minimum Gasteiger partial charge on any atom is -0.337 e. The smallest absolute Gasteiger partial charge is 0.228 e. The van der Waals surface area contributed by atoms with Gasteiger partial charge >= 0.3 is 0 Å².